The van der Waals surface area contributed by atoms with E-state index < -0.39 is 56.6 Å². The Bertz CT molecular complexity index is 1420. The molecule has 4 rings (SSSR count). The average Bonchev–Trinajstić information content (AvgIpc) is 3.19. The van der Waals surface area contributed by atoms with Crippen LogP contribution in [0.3, 0.4) is 0 Å². The Labute approximate surface area is 233 Å². The van der Waals surface area contributed by atoms with Gasteiger partial charge < -0.3 is 18.8 Å². The first kappa shape index (κ1) is 30.3. The molecule has 0 bridgehead atoms. The number of hydrogen-bond acceptors (Lipinski definition) is 6. The first-order chi connectivity index (χ1) is 18.5. The molecule has 12 heteroatoms. The number of halogens is 4. The minimum Gasteiger partial charge on any atom is -0.743 e. The van der Waals surface area contributed by atoms with Crippen molar-refractivity contribution in [2.45, 2.75) is 64.4 Å². The van der Waals surface area contributed by atoms with Gasteiger partial charge >= 0.3 is 11.2 Å². The summed E-state index contributed by atoms with van der Waals surface area (Å²) in [6.07, 6.45) is -1.66. The van der Waals surface area contributed by atoms with E-state index in [0.29, 0.717) is 6.61 Å². The Morgan fingerprint density at radius 2 is 1.40 bits per heavy atom. The summed E-state index contributed by atoms with van der Waals surface area (Å²) in [5, 5.41) is -5.74. The molecule has 0 aromatic heterocycles. The van der Waals surface area contributed by atoms with Crippen molar-refractivity contribution in [3.05, 3.63) is 84.4 Å². The molecule has 3 aromatic rings. The molecular weight excluding hydrogens is 572 g/mol. The number of hydrogen-bond donors (Lipinski definition) is 0. The molecule has 40 heavy (non-hydrogen) atoms. The summed E-state index contributed by atoms with van der Waals surface area (Å²) >= 11 is 0. The summed E-state index contributed by atoms with van der Waals surface area (Å²) in [5.74, 6) is -5.84. The Balaban J connectivity index is 1.52. The molecule has 0 N–H and O–H groups in total. The van der Waals surface area contributed by atoms with E-state index in [4.69, 9.17) is 14.2 Å². The normalized spacial score (nSPS) is 20.3. The van der Waals surface area contributed by atoms with Gasteiger partial charge in [-0.1, -0.05) is 18.2 Å². The number of ether oxygens (including phenoxy) is 3. The number of rotatable bonds is 10. The molecule has 3 aromatic carbocycles. The zero-order chi connectivity index (χ0) is 29.4. The average molecular weight is 601 g/mol. The second-order valence-corrected chi connectivity index (χ2v) is 13.4. The molecule has 6 nitrogen and oxygen atoms in total. The first-order valence-electron chi connectivity index (χ1n) is 12.2. The van der Waals surface area contributed by atoms with Gasteiger partial charge in [-0.3, -0.25) is 0 Å². The number of benzene rings is 3. The first-order valence-corrected chi connectivity index (χ1v) is 14.9. The number of alkyl halides is 4. The van der Waals surface area contributed by atoms with Crippen LogP contribution < -0.4 is 4.74 Å². The lowest BCUT2D eigenvalue weighted by Crippen LogP contribution is -2.47. The predicted octanol–water partition coefficient (Wildman–Crippen LogP) is 6.32. The maximum absolute atomic E-state index is 13.7. The SMILES string of the molecule is CC1(C)COC(C)(c2ccc([S+](c3ccccc3)c3ccc(OCCC(F)(F)C(F)(F)S(=O)(=O)[O-])cc3)cc2)O1. The Hall–Kier alpha value is -2.64. The minimum atomic E-state index is -6.54. The second-order valence-electron chi connectivity index (χ2n) is 9.98. The summed E-state index contributed by atoms with van der Waals surface area (Å²) < 4.78 is 103. The van der Waals surface area contributed by atoms with Gasteiger partial charge in [0.15, 0.2) is 30.6 Å². The zero-order valence-electron chi connectivity index (χ0n) is 21.9. The summed E-state index contributed by atoms with van der Waals surface area (Å²) in [5.41, 5.74) is 0.463. The van der Waals surface area contributed by atoms with Gasteiger partial charge in [0.25, 0.3) is 0 Å². The minimum absolute atomic E-state index is 0.117. The zero-order valence-corrected chi connectivity index (χ0v) is 23.5. The van der Waals surface area contributed by atoms with E-state index in [-0.39, 0.29) is 5.75 Å². The highest BCUT2D eigenvalue weighted by Gasteiger charge is 2.61. The van der Waals surface area contributed by atoms with E-state index in [1.807, 2.05) is 75.4 Å². The maximum Gasteiger partial charge on any atom is 0.396 e. The second kappa shape index (κ2) is 11.0. The molecule has 2 atom stereocenters. The van der Waals surface area contributed by atoms with Gasteiger partial charge in [-0.05, 0) is 81.4 Å². The van der Waals surface area contributed by atoms with Crippen LogP contribution in [0, 0.1) is 0 Å². The van der Waals surface area contributed by atoms with Crippen LogP contribution in [-0.2, 0) is 36.3 Å². The molecule has 1 fully saturated rings. The highest BCUT2D eigenvalue weighted by atomic mass is 32.2. The molecule has 1 saturated heterocycles. The molecule has 1 aliphatic heterocycles. The lowest BCUT2D eigenvalue weighted by atomic mass is 10.1. The molecule has 2 unspecified atom stereocenters. The van der Waals surface area contributed by atoms with Gasteiger partial charge in [0, 0.05) is 5.56 Å². The fraction of sp³-hybridized carbons (Fsp3) is 0.357. The van der Waals surface area contributed by atoms with E-state index in [1.165, 1.54) is 12.1 Å². The van der Waals surface area contributed by atoms with Crippen molar-refractivity contribution >= 4 is 21.0 Å². The van der Waals surface area contributed by atoms with Gasteiger partial charge in [-0.2, -0.15) is 17.6 Å². The standard InChI is InChI=1S/C28H28F4O6S2/c1-25(2)19-37-26(3,38-25)20-9-13-23(14-10-20)39(22-7-5-4-6-8-22)24-15-11-21(12-16-24)36-18-17-27(29,30)28(31,32)40(33,34)35/h4-16H,17-19H2,1-3H3. The highest BCUT2D eigenvalue weighted by molar-refractivity contribution is 7.97. The lowest BCUT2D eigenvalue weighted by molar-refractivity contribution is -0.176. The van der Waals surface area contributed by atoms with E-state index in [9.17, 15) is 30.5 Å². The molecule has 1 aliphatic rings. The van der Waals surface area contributed by atoms with Crippen LogP contribution >= 0.6 is 0 Å². The largest absolute Gasteiger partial charge is 0.743 e. The maximum atomic E-state index is 13.7. The highest BCUT2D eigenvalue weighted by Crippen LogP contribution is 2.41. The van der Waals surface area contributed by atoms with Crippen LogP contribution in [0.5, 0.6) is 5.75 Å². The van der Waals surface area contributed by atoms with Crippen molar-refractivity contribution in [2.75, 3.05) is 13.2 Å². The van der Waals surface area contributed by atoms with Crippen molar-refractivity contribution in [3.63, 3.8) is 0 Å². The molecule has 0 amide bonds. The van der Waals surface area contributed by atoms with Crippen LogP contribution in [0.1, 0.15) is 32.8 Å². The summed E-state index contributed by atoms with van der Waals surface area (Å²) in [7, 11) is -7.10. The summed E-state index contributed by atoms with van der Waals surface area (Å²) in [6, 6.07) is 24.1. The fourth-order valence-electron chi connectivity index (χ4n) is 4.20. The van der Waals surface area contributed by atoms with Crippen LogP contribution in [0.4, 0.5) is 17.6 Å². The van der Waals surface area contributed by atoms with Gasteiger partial charge in [0.1, 0.15) is 5.75 Å². The summed E-state index contributed by atoms with van der Waals surface area (Å²) in [6.45, 7) is 5.34. The molecule has 216 valence electrons. The molecule has 0 radical (unpaired) electrons. The van der Waals surface area contributed by atoms with Crippen molar-refractivity contribution in [2.24, 2.45) is 0 Å². The molecule has 0 saturated carbocycles. The van der Waals surface area contributed by atoms with Gasteiger partial charge in [0.2, 0.25) is 0 Å². The molecular formula is C28H28F4O6S2. The van der Waals surface area contributed by atoms with Gasteiger partial charge in [-0.15, -0.1) is 0 Å². The topological polar surface area (TPSA) is 84.9 Å². The molecule has 1 heterocycles. The summed E-state index contributed by atoms with van der Waals surface area (Å²) in [4.78, 5) is 2.89. The van der Waals surface area contributed by atoms with Crippen LogP contribution in [-0.4, -0.2) is 43.0 Å². The molecule has 0 spiro atoms. The third-order valence-electron chi connectivity index (χ3n) is 6.24. The smallest absolute Gasteiger partial charge is 0.396 e. The van der Waals surface area contributed by atoms with E-state index >= 15 is 0 Å². The predicted molar refractivity (Wildman–Crippen MR) is 140 cm³/mol. The Morgan fingerprint density at radius 1 is 0.875 bits per heavy atom. The van der Waals surface area contributed by atoms with Gasteiger partial charge in [-0.25, -0.2) is 8.42 Å². The van der Waals surface area contributed by atoms with Gasteiger partial charge in [0.05, 0.1) is 36.1 Å². The third kappa shape index (κ3) is 6.31. The Kier molecular flexibility index (Phi) is 8.32. The molecule has 0 aliphatic carbocycles. The van der Waals surface area contributed by atoms with Crippen molar-refractivity contribution in [3.8, 4) is 5.75 Å². The van der Waals surface area contributed by atoms with Crippen molar-refractivity contribution in [1.29, 1.82) is 0 Å². The third-order valence-corrected chi connectivity index (χ3v) is 9.40. The van der Waals surface area contributed by atoms with Crippen LogP contribution in [0.15, 0.2) is 93.5 Å². The van der Waals surface area contributed by atoms with Crippen LogP contribution in [0.2, 0.25) is 0 Å². The van der Waals surface area contributed by atoms with E-state index in [1.54, 1.807) is 12.1 Å². The monoisotopic (exact) mass is 600 g/mol. The quantitative estimate of drug-likeness (QED) is 0.154. The fourth-order valence-corrected chi connectivity index (χ4v) is 6.73. The lowest BCUT2D eigenvalue weighted by Gasteiger charge is -2.28. The van der Waals surface area contributed by atoms with Crippen LogP contribution in [0.25, 0.3) is 0 Å². The van der Waals surface area contributed by atoms with Crippen molar-refractivity contribution in [1.82, 2.24) is 0 Å². The van der Waals surface area contributed by atoms with E-state index in [2.05, 4.69) is 0 Å². The Morgan fingerprint density at radius 3 is 1.90 bits per heavy atom. The van der Waals surface area contributed by atoms with E-state index in [0.717, 1.165) is 20.2 Å². The van der Waals surface area contributed by atoms with Crippen molar-refractivity contribution < 1.29 is 44.7 Å².